The minimum Gasteiger partial charge on any atom is -0.442 e. The van der Waals surface area contributed by atoms with Crippen LogP contribution in [-0.2, 0) is 23.8 Å². The van der Waals surface area contributed by atoms with Gasteiger partial charge in [-0.25, -0.2) is 4.79 Å². The van der Waals surface area contributed by atoms with Crippen LogP contribution in [0.4, 0.5) is 4.79 Å². The van der Waals surface area contributed by atoms with E-state index in [1.54, 1.807) is 33.8 Å². The van der Waals surface area contributed by atoms with Crippen molar-refractivity contribution in [1.82, 2.24) is 5.06 Å². The molecule has 1 fully saturated rings. The molecule has 118 valence electrons. The van der Waals surface area contributed by atoms with Crippen LogP contribution >= 0.6 is 0 Å². The summed E-state index contributed by atoms with van der Waals surface area (Å²) in [5.41, 5.74) is 0.0714. The highest BCUT2D eigenvalue weighted by atomic mass is 16.8. The van der Waals surface area contributed by atoms with Crippen LogP contribution in [0.25, 0.3) is 0 Å². The minimum atomic E-state index is -1.57. The first-order valence-electron chi connectivity index (χ1n) is 6.68. The van der Waals surface area contributed by atoms with E-state index < -0.39 is 29.6 Å². The third-order valence-corrected chi connectivity index (χ3v) is 3.45. The first kappa shape index (κ1) is 15.9. The first-order chi connectivity index (χ1) is 9.66. The van der Waals surface area contributed by atoms with Crippen LogP contribution in [0.5, 0.6) is 0 Å². The first-order valence-corrected chi connectivity index (χ1v) is 6.68. The summed E-state index contributed by atoms with van der Waals surface area (Å²) in [6.45, 7) is 7.04. The maximum absolute atomic E-state index is 12.4. The molecule has 0 unspecified atom stereocenters. The van der Waals surface area contributed by atoms with E-state index in [1.165, 1.54) is 14.2 Å². The van der Waals surface area contributed by atoms with Gasteiger partial charge in [0.05, 0.1) is 0 Å². The van der Waals surface area contributed by atoms with Gasteiger partial charge < -0.3 is 14.2 Å². The Balaban J connectivity index is 2.38. The van der Waals surface area contributed by atoms with E-state index in [0.717, 1.165) is 10.6 Å². The van der Waals surface area contributed by atoms with Crippen LogP contribution in [0.3, 0.4) is 0 Å². The Kier molecular flexibility index (Phi) is 3.86. The summed E-state index contributed by atoms with van der Waals surface area (Å²) in [6.07, 6.45) is 0.0443. The van der Waals surface area contributed by atoms with Crippen LogP contribution in [0, 0.1) is 0 Å². The topological polar surface area (TPSA) is 74.3 Å². The quantitative estimate of drug-likeness (QED) is 0.567. The number of hydrogen-bond donors (Lipinski definition) is 0. The van der Waals surface area contributed by atoms with E-state index in [4.69, 9.17) is 19.0 Å². The number of hydroxylamine groups is 2. The Bertz CT molecular complexity index is 488. The highest BCUT2D eigenvalue weighted by molar-refractivity contribution is 5.96. The number of rotatable bonds is 2. The Morgan fingerprint density at radius 3 is 2.38 bits per heavy atom. The van der Waals surface area contributed by atoms with Gasteiger partial charge in [0.25, 0.3) is 5.79 Å². The average molecular weight is 299 g/mol. The molecule has 7 heteroatoms. The molecule has 3 rings (SSSR count). The second kappa shape index (κ2) is 5.08. The molecular weight excluding hydrogens is 278 g/mol. The molecule has 21 heavy (non-hydrogen) atoms. The lowest BCUT2D eigenvalue weighted by molar-refractivity contribution is -0.310. The van der Waals surface area contributed by atoms with E-state index in [-0.39, 0.29) is 5.78 Å². The van der Waals surface area contributed by atoms with Gasteiger partial charge in [0.2, 0.25) is 5.78 Å². The second-order valence-corrected chi connectivity index (χ2v) is 6.09. The number of methoxy groups -OCH3 is 2. The number of carbonyl (C=O) groups is 2. The molecule has 0 N–H and O–H groups in total. The molecule has 1 saturated heterocycles. The number of hydrogen-bond acceptors (Lipinski definition) is 6. The van der Waals surface area contributed by atoms with Gasteiger partial charge in [0, 0.05) is 14.2 Å². The zero-order valence-electron chi connectivity index (χ0n) is 13.1. The van der Waals surface area contributed by atoms with Crippen LogP contribution in [0.1, 0.15) is 27.7 Å². The van der Waals surface area contributed by atoms with Crippen molar-refractivity contribution >= 4 is 11.9 Å². The lowest BCUT2D eigenvalue weighted by atomic mass is 9.84. The van der Waals surface area contributed by atoms with Crippen LogP contribution < -0.4 is 0 Å². The molecule has 0 aromatic heterocycles. The number of nitrogens with zero attached hydrogens (tertiary/aromatic N) is 1. The number of ketones is 1. The number of carbonyl (C=O) groups excluding carboxylic acids is 2. The van der Waals surface area contributed by atoms with Gasteiger partial charge in [0.15, 0.2) is 6.10 Å². The number of Topliss-reactive ketones (excluding diaryl/α,β-unsaturated/α-hetero) is 1. The summed E-state index contributed by atoms with van der Waals surface area (Å²) in [5, 5.41) is 1.03. The Hall–Kier alpha value is -1.44. The van der Waals surface area contributed by atoms with E-state index >= 15 is 0 Å². The maximum atomic E-state index is 12.4. The van der Waals surface area contributed by atoms with Gasteiger partial charge in [0.1, 0.15) is 11.6 Å². The number of ether oxygens (including phenoxy) is 3. The fraction of sp³-hybridized carbons (Fsp3) is 0.714. The molecule has 0 saturated carbocycles. The predicted octanol–water partition coefficient (Wildman–Crippen LogP) is 1.42. The van der Waals surface area contributed by atoms with Crippen molar-refractivity contribution in [2.75, 3.05) is 14.2 Å². The largest absolute Gasteiger partial charge is 0.442 e. The molecule has 0 aromatic rings. The fourth-order valence-corrected chi connectivity index (χ4v) is 2.60. The lowest BCUT2D eigenvalue weighted by Crippen LogP contribution is -2.71. The van der Waals surface area contributed by atoms with Crippen molar-refractivity contribution in [2.24, 2.45) is 0 Å². The van der Waals surface area contributed by atoms with E-state index in [9.17, 15) is 9.59 Å². The normalized spacial score (nSPS) is 27.6. The molecule has 7 nitrogen and oxygen atoms in total. The predicted molar refractivity (Wildman–Crippen MR) is 72.2 cm³/mol. The van der Waals surface area contributed by atoms with E-state index in [2.05, 4.69) is 0 Å². The van der Waals surface area contributed by atoms with E-state index in [1.807, 2.05) is 0 Å². The Labute approximate surface area is 123 Å². The van der Waals surface area contributed by atoms with Crippen molar-refractivity contribution in [3.05, 3.63) is 11.6 Å². The molecule has 2 atom stereocenters. The zero-order valence-corrected chi connectivity index (χ0v) is 13.1. The van der Waals surface area contributed by atoms with Crippen molar-refractivity contribution in [3.8, 4) is 0 Å². The van der Waals surface area contributed by atoms with Crippen molar-refractivity contribution in [3.63, 3.8) is 0 Å². The Morgan fingerprint density at radius 2 is 1.90 bits per heavy atom. The number of fused-ring (bicyclic) bond motifs is 2. The van der Waals surface area contributed by atoms with Crippen molar-refractivity contribution < 1.29 is 28.6 Å². The molecule has 0 radical (unpaired) electrons. The van der Waals surface area contributed by atoms with Gasteiger partial charge in [-0.1, -0.05) is 0 Å². The van der Waals surface area contributed by atoms with Gasteiger partial charge in [-0.15, -0.1) is 0 Å². The third kappa shape index (κ3) is 2.45. The SMILES string of the molecule is COC1(OC)C(=O)[C@@H]2C=C(C)[C@H]1N(C(=O)OC(C)(C)C)O2. The summed E-state index contributed by atoms with van der Waals surface area (Å²) in [4.78, 5) is 30.1. The third-order valence-electron chi connectivity index (χ3n) is 3.45. The van der Waals surface area contributed by atoms with Crippen molar-refractivity contribution in [1.29, 1.82) is 0 Å². The van der Waals surface area contributed by atoms with Gasteiger partial charge in [-0.05, 0) is 39.3 Å². The summed E-state index contributed by atoms with van der Waals surface area (Å²) in [6, 6.07) is -0.820. The second-order valence-electron chi connectivity index (χ2n) is 6.09. The van der Waals surface area contributed by atoms with Gasteiger partial charge in [-0.2, -0.15) is 5.06 Å². The molecule has 3 aliphatic rings. The molecule has 0 spiro atoms. The highest BCUT2D eigenvalue weighted by Gasteiger charge is 2.62. The van der Waals surface area contributed by atoms with E-state index in [0.29, 0.717) is 0 Å². The summed E-state index contributed by atoms with van der Waals surface area (Å²) in [5.74, 6) is -1.94. The fourth-order valence-electron chi connectivity index (χ4n) is 2.60. The molecular formula is C14H21NO6. The summed E-state index contributed by atoms with van der Waals surface area (Å²) < 4.78 is 15.9. The Morgan fingerprint density at radius 1 is 1.33 bits per heavy atom. The maximum Gasteiger partial charge on any atom is 0.435 e. The van der Waals surface area contributed by atoms with Crippen molar-refractivity contribution in [2.45, 2.75) is 51.2 Å². The molecule has 1 aliphatic carbocycles. The van der Waals surface area contributed by atoms with Crippen LogP contribution in [0.15, 0.2) is 11.6 Å². The standard InChI is InChI=1S/C14H21NO6/c1-8-7-9-11(16)14(18-5,19-6)10(8)15(21-9)12(17)20-13(2,3)4/h7,9-10H,1-6H3/t9-,10+/m0/s1. The summed E-state index contributed by atoms with van der Waals surface area (Å²) in [7, 11) is 2.73. The van der Waals surface area contributed by atoms with Crippen LogP contribution in [-0.4, -0.2) is 54.7 Å². The average Bonchev–Trinajstić information content (AvgIpc) is 2.38. The molecule has 2 aliphatic heterocycles. The smallest absolute Gasteiger partial charge is 0.435 e. The monoisotopic (exact) mass is 299 g/mol. The van der Waals surface area contributed by atoms with Gasteiger partial charge >= 0.3 is 6.09 Å². The zero-order chi connectivity index (χ0) is 16.0. The molecule has 2 heterocycles. The minimum absolute atomic E-state index is 0.372. The molecule has 1 amide bonds. The highest BCUT2D eigenvalue weighted by Crippen LogP contribution is 2.40. The molecule has 0 aromatic carbocycles. The lowest BCUT2D eigenvalue weighted by Gasteiger charge is -2.50. The summed E-state index contributed by atoms with van der Waals surface area (Å²) >= 11 is 0. The number of amides is 1. The molecule has 2 bridgehead atoms. The van der Waals surface area contributed by atoms with Gasteiger partial charge in [-0.3, -0.25) is 9.63 Å². The van der Waals surface area contributed by atoms with Crippen LogP contribution in [0.2, 0.25) is 0 Å².